The van der Waals surface area contributed by atoms with Crippen LogP contribution in [0, 0.1) is 0 Å². The van der Waals surface area contributed by atoms with Gasteiger partial charge in [0.1, 0.15) is 10.1 Å². The number of hydrogen-bond acceptors (Lipinski definition) is 1. The molecule has 0 heterocycles. The Balaban J connectivity index is 2.08. The van der Waals surface area contributed by atoms with E-state index in [2.05, 4.69) is 0 Å². The predicted molar refractivity (Wildman–Crippen MR) is 59.4 cm³/mol. The van der Waals surface area contributed by atoms with Gasteiger partial charge in [0.15, 0.2) is 0 Å². The van der Waals surface area contributed by atoms with E-state index in [1.54, 1.807) is 0 Å². The molecule has 1 saturated carbocycles. The molecule has 1 nitrogen and oxygen atoms in total. The first-order valence-corrected chi connectivity index (χ1v) is 5.49. The third kappa shape index (κ3) is 1.99. The summed E-state index contributed by atoms with van der Waals surface area (Å²) in [4.78, 5) is 0. The molecule has 1 aliphatic rings. The first-order valence-electron chi connectivity index (χ1n) is 4.74. The zero-order valence-electron chi connectivity index (χ0n) is 7.97. The summed E-state index contributed by atoms with van der Waals surface area (Å²) in [5.41, 5.74) is 1.19. The Bertz CT molecular complexity index is 319. The fourth-order valence-electron chi connectivity index (χ4n) is 1.54. The lowest BCUT2D eigenvalue weighted by molar-refractivity contribution is 0.340. The van der Waals surface area contributed by atoms with Crippen molar-refractivity contribution in [2.75, 3.05) is 6.61 Å². The third-order valence-electron chi connectivity index (χ3n) is 2.42. The van der Waals surface area contributed by atoms with Crippen LogP contribution in [0.5, 0.6) is 5.75 Å². The van der Waals surface area contributed by atoms with Crippen molar-refractivity contribution in [2.24, 2.45) is 0 Å². The first kappa shape index (κ1) is 10.1. The largest absolute Gasteiger partial charge is 0.494 e. The maximum atomic E-state index is 5.98. The van der Waals surface area contributed by atoms with E-state index in [1.807, 2.05) is 31.2 Å². The summed E-state index contributed by atoms with van der Waals surface area (Å²) in [6.07, 6.45) is 0.851. The molecule has 1 fully saturated rings. The minimum Gasteiger partial charge on any atom is -0.494 e. The minimum atomic E-state index is -0.535. The molecule has 14 heavy (non-hydrogen) atoms. The fraction of sp³-hybridized carbons (Fsp3) is 0.455. The summed E-state index contributed by atoms with van der Waals surface area (Å²) < 4.78 is 4.81. The van der Waals surface area contributed by atoms with Gasteiger partial charge in [0, 0.05) is 5.92 Å². The number of hydrogen-bond donors (Lipinski definition) is 0. The van der Waals surface area contributed by atoms with Crippen molar-refractivity contribution in [3.8, 4) is 5.75 Å². The second-order valence-corrected chi connectivity index (χ2v) is 5.06. The normalized spacial score (nSPS) is 23.2. The van der Waals surface area contributed by atoms with Gasteiger partial charge in [0.05, 0.1) is 6.61 Å². The Labute approximate surface area is 94.0 Å². The number of halogens is 2. The summed E-state index contributed by atoms with van der Waals surface area (Å²) >= 11 is 12.0. The van der Waals surface area contributed by atoms with Gasteiger partial charge >= 0.3 is 0 Å². The Morgan fingerprint density at radius 1 is 1.36 bits per heavy atom. The van der Waals surface area contributed by atoms with Gasteiger partial charge in [-0.1, -0.05) is 12.1 Å². The summed E-state index contributed by atoms with van der Waals surface area (Å²) in [6.45, 7) is 2.66. The molecule has 1 aromatic rings. The molecule has 0 saturated heterocycles. The average molecular weight is 231 g/mol. The molecular weight excluding hydrogens is 219 g/mol. The summed E-state index contributed by atoms with van der Waals surface area (Å²) in [5.74, 6) is 1.19. The monoisotopic (exact) mass is 230 g/mol. The Kier molecular flexibility index (Phi) is 2.63. The number of rotatable bonds is 3. The van der Waals surface area contributed by atoms with Crippen molar-refractivity contribution in [1.82, 2.24) is 0 Å². The van der Waals surface area contributed by atoms with Gasteiger partial charge in [0.2, 0.25) is 0 Å². The van der Waals surface area contributed by atoms with Crippen molar-refractivity contribution in [3.05, 3.63) is 29.8 Å². The van der Waals surface area contributed by atoms with E-state index in [9.17, 15) is 0 Å². The molecule has 1 aliphatic carbocycles. The highest BCUT2D eigenvalue weighted by Gasteiger charge is 2.52. The van der Waals surface area contributed by atoms with Gasteiger partial charge in [-0.25, -0.2) is 0 Å². The van der Waals surface area contributed by atoms with E-state index in [4.69, 9.17) is 27.9 Å². The van der Waals surface area contributed by atoms with Crippen molar-refractivity contribution >= 4 is 23.2 Å². The van der Waals surface area contributed by atoms with Crippen molar-refractivity contribution in [3.63, 3.8) is 0 Å². The predicted octanol–water partition coefficient (Wildman–Crippen LogP) is 3.75. The van der Waals surface area contributed by atoms with Gasteiger partial charge in [-0.05, 0) is 31.0 Å². The molecule has 1 unspecified atom stereocenters. The maximum Gasteiger partial charge on any atom is 0.125 e. The second kappa shape index (κ2) is 3.63. The van der Waals surface area contributed by atoms with Crippen LogP contribution in [-0.2, 0) is 0 Å². The number of ether oxygens (including phenoxy) is 1. The van der Waals surface area contributed by atoms with E-state index in [1.165, 1.54) is 5.56 Å². The van der Waals surface area contributed by atoms with E-state index in [-0.39, 0.29) is 0 Å². The van der Waals surface area contributed by atoms with Gasteiger partial charge in [-0.2, -0.15) is 0 Å². The highest BCUT2D eigenvalue weighted by molar-refractivity contribution is 6.51. The molecule has 0 N–H and O–H groups in total. The van der Waals surface area contributed by atoms with Gasteiger partial charge in [-0.15, -0.1) is 23.2 Å². The van der Waals surface area contributed by atoms with Crippen LogP contribution >= 0.6 is 23.2 Å². The van der Waals surface area contributed by atoms with Gasteiger partial charge in [0.25, 0.3) is 0 Å². The van der Waals surface area contributed by atoms with Crippen LogP contribution in [0.4, 0.5) is 0 Å². The number of benzene rings is 1. The van der Waals surface area contributed by atoms with Crippen molar-refractivity contribution in [2.45, 2.75) is 23.6 Å². The van der Waals surface area contributed by atoms with Crippen LogP contribution in [0.2, 0.25) is 0 Å². The van der Waals surface area contributed by atoms with Crippen molar-refractivity contribution in [1.29, 1.82) is 0 Å². The van der Waals surface area contributed by atoms with Gasteiger partial charge in [-0.3, -0.25) is 0 Å². The topological polar surface area (TPSA) is 9.23 Å². The molecular formula is C11H12Cl2O. The molecule has 0 amide bonds. The quantitative estimate of drug-likeness (QED) is 0.720. The molecule has 0 aliphatic heterocycles. The molecule has 0 spiro atoms. The Morgan fingerprint density at radius 2 is 1.93 bits per heavy atom. The molecule has 0 aromatic heterocycles. The van der Waals surface area contributed by atoms with Crippen LogP contribution < -0.4 is 4.74 Å². The summed E-state index contributed by atoms with van der Waals surface area (Å²) in [6, 6.07) is 7.98. The molecule has 1 aromatic carbocycles. The highest BCUT2D eigenvalue weighted by Crippen LogP contribution is 2.59. The Morgan fingerprint density at radius 3 is 2.36 bits per heavy atom. The van der Waals surface area contributed by atoms with E-state index >= 15 is 0 Å². The lowest BCUT2D eigenvalue weighted by Gasteiger charge is -2.04. The molecule has 1 atom stereocenters. The molecule has 3 heteroatoms. The van der Waals surface area contributed by atoms with Crippen LogP contribution in [0.25, 0.3) is 0 Å². The minimum absolute atomic E-state index is 0.293. The molecule has 2 rings (SSSR count). The van der Waals surface area contributed by atoms with Crippen molar-refractivity contribution < 1.29 is 4.74 Å². The number of alkyl halides is 2. The lowest BCUT2D eigenvalue weighted by atomic mass is 10.1. The van der Waals surface area contributed by atoms with E-state index in [0.29, 0.717) is 12.5 Å². The lowest BCUT2D eigenvalue weighted by Crippen LogP contribution is -1.93. The van der Waals surface area contributed by atoms with Crippen LogP contribution in [0.1, 0.15) is 24.8 Å². The average Bonchev–Trinajstić information content (AvgIpc) is 2.77. The zero-order valence-corrected chi connectivity index (χ0v) is 9.48. The van der Waals surface area contributed by atoms with E-state index < -0.39 is 4.33 Å². The SMILES string of the molecule is CCOc1ccc(C2CC2(Cl)Cl)cc1. The molecule has 0 radical (unpaired) electrons. The smallest absolute Gasteiger partial charge is 0.125 e. The van der Waals surface area contributed by atoms with E-state index in [0.717, 1.165) is 12.2 Å². The summed E-state index contributed by atoms with van der Waals surface area (Å²) in [7, 11) is 0. The van der Waals surface area contributed by atoms with Gasteiger partial charge < -0.3 is 4.74 Å². The Hall–Kier alpha value is -0.400. The van der Waals surface area contributed by atoms with Crippen LogP contribution in [0.15, 0.2) is 24.3 Å². The highest BCUT2D eigenvalue weighted by atomic mass is 35.5. The fourth-order valence-corrected chi connectivity index (χ4v) is 2.10. The molecule has 76 valence electrons. The molecule has 0 bridgehead atoms. The third-order valence-corrected chi connectivity index (χ3v) is 3.25. The summed E-state index contributed by atoms with van der Waals surface area (Å²) in [5, 5.41) is 0. The first-order chi connectivity index (χ1) is 6.63. The van der Waals surface area contributed by atoms with Crippen LogP contribution in [-0.4, -0.2) is 10.9 Å². The maximum absolute atomic E-state index is 5.98. The standard InChI is InChI=1S/C11H12Cl2O/c1-2-14-9-5-3-8(4-6-9)10-7-11(10,12)13/h3-6,10H,2,7H2,1H3. The van der Waals surface area contributed by atoms with Crippen LogP contribution in [0.3, 0.4) is 0 Å². The second-order valence-electron chi connectivity index (χ2n) is 3.52. The zero-order chi connectivity index (χ0) is 10.2.